The molecule has 5 nitrogen and oxygen atoms in total. The number of piperidine rings is 1. The highest BCUT2D eigenvalue weighted by Gasteiger charge is 2.19. The zero-order valence-corrected chi connectivity index (χ0v) is 17.7. The number of carbonyl (C=O) groups is 2. The number of amides is 2. The van der Waals surface area contributed by atoms with Gasteiger partial charge in [-0.3, -0.25) is 9.59 Å². The molecule has 1 aliphatic heterocycles. The number of halogens is 1. The van der Waals surface area contributed by atoms with Crippen molar-refractivity contribution in [3.8, 4) is 0 Å². The molecule has 3 N–H and O–H groups in total. The summed E-state index contributed by atoms with van der Waals surface area (Å²) in [5.41, 5.74) is 2.90. The predicted molar refractivity (Wildman–Crippen MR) is 124 cm³/mol. The lowest BCUT2D eigenvalue weighted by Gasteiger charge is -2.24. The summed E-state index contributed by atoms with van der Waals surface area (Å²) in [7, 11) is 0. The second-order valence-corrected chi connectivity index (χ2v) is 7.47. The number of hydrogen-bond acceptors (Lipinski definition) is 3. The van der Waals surface area contributed by atoms with Crippen LogP contribution in [0.15, 0.2) is 60.7 Å². The van der Waals surface area contributed by atoms with E-state index in [-0.39, 0.29) is 30.3 Å². The van der Waals surface area contributed by atoms with Gasteiger partial charge in [0.15, 0.2) is 0 Å². The van der Waals surface area contributed by atoms with Crippen LogP contribution in [0, 0.1) is 6.92 Å². The number of rotatable bonds is 4. The monoisotopic (exact) mass is 423 g/mol. The molecular formula is C24H26ClN3O2. The molecule has 1 heterocycles. The molecule has 2 amide bonds. The van der Waals surface area contributed by atoms with E-state index in [0.29, 0.717) is 16.8 Å². The van der Waals surface area contributed by atoms with Gasteiger partial charge in [0.05, 0.1) is 0 Å². The zero-order valence-electron chi connectivity index (χ0n) is 16.9. The number of hydrogen-bond donors (Lipinski definition) is 3. The summed E-state index contributed by atoms with van der Waals surface area (Å²) in [6, 6.07) is 19.0. The molecule has 156 valence electrons. The van der Waals surface area contributed by atoms with Crippen LogP contribution in [-0.4, -0.2) is 30.9 Å². The molecule has 0 aliphatic carbocycles. The molecule has 1 fully saturated rings. The smallest absolute Gasteiger partial charge is 0.255 e. The minimum Gasteiger partial charge on any atom is -0.349 e. The van der Waals surface area contributed by atoms with E-state index in [1.807, 2.05) is 61.5 Å². The van der Waals surface area contributed by atoms with Crippen molar-refractivity contribution >= 4 is 40.7 Å². The van der Waals surface area contributed by atoms with Gasteiger partial charge in [0.1, 0.15) is 0 Å². The van der Waals surface area contributed by atoms with Crippen LogP contribution in [-0.2, 0) is 0 Å². The minimum absolute atomic E-state index is 0. The number of fused-ring (bicyclic) bond motifs is 1. The lowest BCUT2D eigenvalue weighted by atomic mass is 10.0. The van der Waals surface area contributed by atoms with Gasteiger partial charge in [-0.25, -0.2) is 0 Å². The van der Waals surface area contributed by atoms with Crippen LogP contribution in [0.5, 0.6) is 0 Å². The third-order valence-electron chi connectivity index (χ3n) is 5.48. The summed E-state index contributed by atoms with van der Waals surface area (Å²) in [6.07, 6.45) is 1.88. The maximum absolute atomic E-state index is 12.9. The van der Waals surface area contributed by atoms with E-state index < -0.39 is 0 Å². The van der Waals surface area contributed by atoms with Crippen molar-refractivity contribution in [2.75, 3.05) is 18.4 Å². The SMILES string of the molecule is Cc1ccccc1C(=O)Nc1ccc(C(=O)NC2CCNCC2)c2ccccc12.Cl. The van der Waals surface area contributed by atoms with E-state index in [1.54, 1.807) is 6.07 Å². The first-order chi connectivity index (χ1) is 14.1. The molecule has 3 aromatic rings. The Morgan fingerprint density at radius 3 is 2.23 bits per heavy atom. The highest BCUT2D eigenvalue weighted by Crippen LogP contribution is 2.27. The third-order valence-corrected chi connectivity index (χ3v) is 5.48. The quantitative estimate of drug-likeness (QED) is 0.585. The second-order valence-electron chi connectivity index (χ2n) is 7.47. The van der Waals surface area contributed by atoms with Crippen LogP contribution in [0.3, 0.4) is 0 Å². The molecule has 30 heavy (non-hydrogen) atoms. The van der Waals surface area contributed by atoms with Crippen LogP contribution < -0.4 is 16.0 Å². The average molecular weight is 424 g/mol. The Bertz CT molecular complexity index is 1060. The third kappa shape index (κ3) is 4.64. The predicted octanol–water partition coefficient (Wildman–Crippen LogP) is 4.30. The summed E-state index contributed by atoms with van der Waals surface area (Å²) < 4.78 is 0. The summed E-state index contributed by atoms with van der Waals surface area (Å²) in [5, 5.41) is 11.2. The van der Waals surface area contributed by atoms with Gasteiger partial charge >= 0.3 is 0 Å². The molecule has 0 aromatic heterocycles. The van der Waals surface area contributed by atoms with Gasteiger partial charge in [0.2, 0.25) is 0 Å². The van der Waals surface area contributed by atoms with Crippen molar-refractivity contribution < 1.29 is 9.59 Å². The first-order valence-corrected chi connectivity index (χ1v) is 10.0. The summed E-state index contributed by atoms with van der Waals surface area (Å²) in [6.45, 7) is 3.77. The van der Waals surface area contributed by atoms with Crippen LogP contribution in [0.4, 0.5) is 5.69 Å². The van der Waals surface area contributed by atoms with E-state index in [1.165, 1.54) is 0 Å². The molecule has 1 aliphatic rings. The number of aryl methyl sites for hydroxylation is 1. The lowest BCUT2D eigenvalue weighted by molar-refractivity contribution is 0.0930. The second kappa shape index (κ2) is 9.74. The van der Waals surface area contributed by atoms with Crippen LogP contribution >= 0.6 is 12.4 Å². The fourth-order valence-electron chi connectivity index (χ4n) is 3.85. The number of carbonyl (C=O) groups excluding carboxylic acids is 2. The molecule has 3 aromatic carbocycles. The van der Waals surface area contributed by atoms with Crippen molar-refractivity contribution in [2.24, 2.45) is 0 Å². The van der Waals surface area contributed by atoms with Crippen molar-refractivity contribution in [3.05, 3.63) is 77.4 Å². The van der Waals surface area contributed by atoms with Crippen LogP contribution in [0.25, 0.3) is 10.8 Å². The molecular weight excluding hydrogens is 398 g/mol. The molecule has 6 heteroatoms. The van der Waals surface area contributed by atoms with Crippen LogP contribution in [0.1, 0.15) is 39.1 Å². The van der Waals surface area contributed by atoms with E-state index >= 15 is 0 Å². The summed E-state index contributed by atoms with van der Waals surface area (Å²) in [5.74, 6) is -0.218. The molecule has 4 rings (SSSR count). The average Bonchev–Trinajstić information content (AvgIpc) is 2.75. The Morgan fingerprint density at radius 2 is 1.50 bits per heavy atom. The molecule has 0 atom stereocenters. The molecule has 0 radical (unpaired) electrons. The van der Waals surface area contributed by atoms with E-state index in [4.69, 9.17) is 0 Å². The first kappa shape index (κ1) is 21.8. The highest BCUT2D eigenvalue weighted by molar-refractivity contribution is 6.14. The maximum atomic E-state index is 12.9. The van der Waals surface area contributed by atoms with Gasteiger partial charge in [0, 0.05) is 28.2 Å². The van der Waals surface area contributed by atoms with Crippen LogP contribution in [0.2, 0.25) is 0 Å². The summed E-state index contributed by atoms with van der Waals surface area (Å²) >= 11 is 0. The summed E-state index contributed by atoms with van der Waals surface area (Å²) in [4.78, 5) is 25.7. The molecule has 0 spiro atoms. The highest BCUT2D eigenvalue weighted by atomic mass is 35.5. The van der Waals surface area contributed by atoms with Crippen molar-refractivity contribution in [1.82, 2.24) is 10.6 Å². The van der Waals surface area contributed by atoms with Gasteiger partial charge in [0.25, 0.3) is 11.8 Å². The minimum atomic E-state index is -0.153. The van der Waals surface area contributed by atoms with E-state index in [2.05, 4.69) is 16.0 Å². The van der Waals surface area contributed by atoms with Crippen molar-refractivity contribution in [3.63, 3.8) is 0 Å². The maximum Gasteiger partial charge on any atom is 0.255 e. The zero-order chi connectivity index (χ0) is 20.2. The standard InChI is InChI=1S/C24H25N3O2.ClH/c1-16-6-2-3-7-18(16)23(28)27-22-11-10-21(19-8-4-5-9-20(19)22)24(29)26-17-12-14-25-15-13-17;/h2-11,17,25H,12-15H2,1H3,(H,26,29)(H,27,28);1H. The Morgan fingerprint density at radius 1 is 0.833 bits per heavy atom. The molecule has 0 unspecified atom stereocenters. The Balaban J connectivity index is 0.00000256. The van der Waals surface area contributed by atoms with E-state index in [9.17, 15) is 9.59 Å². The number of nitrogens with one attached hydrogen (secondary N) is 3. The van der Waals surface area contributed by atoms with Gasteiger partial charge in [-0.15, -0.1) is 12.4 Å². The number of benzene rings is 3. The number of anilines is 1. The molecule has 1 saturated heterocycles. The van der Waals surface area contributed by atoms with Gasteiger partial charge < -0.3 is 16.0 Å². The Labute approximate surface area is 182 Å². The normalized spacial score (nSPS) is 14.0. The first-order valence-electron chi connectivity index (χ1n) is 10.0. The fraction of sp³-hybridized carbons (Fsp3) is 0.250. The van der Waals surface area contributed by atoms with Crippen molar-refractivity contribution in [1.29, 1.82) is 0 Å². The largest absolute Gasteiger partial charge is 0.349 e. The molecule has 0 saturated carbocycles. The van der Waals surface area contributed by atoms with Crippen molar-refractivity contribution in [2.45, 2.75) is 25.8 Å². The lowest BCUT2D eigenvalue weighted by Crippen LogP contribution is -2.42. The molecule has 0 bridgehead atoms. The van der Waals surface area contributed by atoms with E-state index in [0.717, 1.165) is 42.3 Å². The van der Waals surface area contributed by atoms with Gasteiger partial charge in [-0.05, 0) is 62.0 Å². The topological polar surface area (TPSA) is 70.2 Å². The van der Waals surface area contributed by atoms with Gasteiger partial charge in [-0.1, -0.05) is 42.5 Å². The van der Waals surface area contributed by atoms with Gasteiger partial charge in [-0.2, -0.15) is 0 Å². The Kier molecular flexibility index (Phi) is 7.08. The Hall–Kier alpha value is -2.89. The fourth-order valence-corrected chi connectivity index (χ4v) is 3.85.